The van der Waals surface area contributed by atoms with Crippen LogP contribution in [0, 0.1) is 13.8 Å². The monoisotopic (exact) mass is 334 g/mol. The Balaban J connectivity index is 1.67. The number of hydrogen-bond donors (Lipinski definition) is 0. The van der Waals surface area contributed by atoms with Crippen molar-refractivity contribution in [2.75, 3.05) is 6.54 Å². The molecule has 0 bridgehead atoms. The number of nitrogens with zero attached hydrogens (tertiary/aromatic N) is 4. The summed E-state index contributed by atoms with van der Waals surface area (Å²) in [4.78, 5) is 15.1. The van der Waals surface area contributed by atoms with E-state index in [1.807, 2.05) is 40.8 Å². The SMILES string of the molecule is Cc1ccccc1-n1ncc(C(=O)N2CCn3cccc3[C@H]2C)c1C. The lowest BCUT2D eigenvalue weighted by molar-refractivity contribution is 0.0643. The molecule has 0 unspecified atom stereocenters. The summed E-state index contributed by atoms with van der Waals surface area (Å²) in [6.07, 6.45) is 3.78. The van der Waals surface area contributed by atoms with Gasteiger partial charge >= 0.3 is 0 Å². The minimum Gasteiger partial charge on any atom is -0.348 e. The molecule has 0 N–H and O–H groups in total. The van der Waals surface area contributed by atoms with Gasteiger partial charge in [0.15, 0.2) is 0 Å². The Morgan fingerprint density at radius 2 is 1.92 bits per heavy atom. The maximum absolute atomic E-state index is 13.2. The molecule has 3 heterocycles. The van der Waals surface area contributed by atoms with Crippen LogP contribution in [0.4, 0.5) is 0 Å². The van der Waals surface area contributed by atoms with Gasteiger partial charge in [0.05, 0.1) is 29.2 Å². The molecular weight excluding hydrogens is 312 g/mol. The Kier molecular flexibility index (Phi) is 3.71. The largest absolute Gasteiger partial charge is 0.348 e. The molecule has 5 nitrogen and oxygen atoms in total. The molecule has 1 aliphatic heterocycles. The molecule has 0 saturated heterocycles. The fraction of sp³-hybridized carbons (Fsp3) is 0.300. The lowest BCUT2D eigenvalue weighted by Crippen LogP contribution is -2.40. The number of aromatic nitrogens is 3. The van der Waals surface area contributed by atoms with E-state index >= 15 is 0 Å². The molecule has 25 heavy (non-hydrogen) atoms. The Labute approximate surface area is 147 Å². The first-order valence-electron chi connectivity index (χ1n) is 8.64. The van der Waals surface area contributed by atoms with E-state index in [9.17, 15) is 4.79 Å². The minimum atomic E-state index is 0.0530. The molecule has 3 aromatic rings. The molecular formula is C20H22N4O. The van der Waals surface area contributed by atoms with E-state index in [-0.39, 0.29) is 11.9 Å². The highest BCUT2D eigenvalue weighted by Crippen LogP contribution is 2.28. The third-order valence-electron chi connectivity index (χ3n) is 5.19. The summed E-state index contributed by atoms with van der Waals surface area (Å²) in [5.74, 6) is 0.0530. The van der Waals surface area contributed by atoms with Crippen LogP contribution in [0.3, 0.4) is 0 Å². The molecule has 128 valence electrons. The first kappa shape index (κ1) is 15.7. The van der Waals surface area contributed by atoms with Gasteiger partial charge in [-0.25, -0.2) is 4.68 Å². The van der Waals surface area contributed by atoms with Gasteiger partial charge in [0.25, 0.3) is 5.91 Å². The second kappa shape index (κ2) is 5.92. The number of benzene rings is 1. The number of hydrogen-bond acceptors (Lipinski definition) is 2. The van der Waals surface area contributed by atoms with E-state index in [1.165, 1.54) is 5.69 Å². The van der Waals surface area contributed by atoms with Gasteiger partial charge in [-0.2, -0.15) is 5.10 Å². The summed E-state index contributed by atoms with van der Waals surface area (Å²) in [7, 11) is 0. The summed E-state index contributed by atoms with van der Waals surface area (Å²) in [6.45, 7) is 7.66. The van der Waals surface area contributed by atoms with Crippen molar-refractivity contribution in [3.8, 4) is 5.69 Å². The zero-order valence-corrected chi connectivity index (χ0v) is 14.8. The minimum absolute atomic E-state index is 0.0530. The Hall–Kier alpha value is -2.82. The van der Waals surface area contributed by atoms with Crippen LogP contribution in [0.25, 0.3) is 5.69 Å². The van der Waals surface area contributed by atoms with Crippen molar-refractivity contribution in [1.82, 2.24) is 19.2 Å². The Morgan fingerprint density at radius 1 is 1.12 bits per heavy atom. The number of fused-ring (bicyclic) bond motifs is 1. The van der Waals surface area contributed by atoms with Gasteiger partial charge < -0.3 is 9.47 Å². The molecule has 1 amide bonds. The molecule has 2 aromatic heterocycles. The van der Waals surface area contributed by atoms with Gasteiger partial charge in [0.1, 0.15) is 0 Å². The Bertz CT molecular complexity index is 937. The van der Waals surface area contributed by atoms with Crippen molar-refractivity contribution in [1.29, 1.82) is 0 Å². The molecule has 1 atom stereocenters. The van der Waals surface area contributed by atoms with Gasteiger partial charge in [-0.05, 0) is 44.5 Å². The fourth-order valence-electron chi connectivity index (χ4n) is 3.67. The highest BCUT2D eigenvalue weighted by Gasteiger charge is 2.30. The zero-order valence-electron chi connectivity index (χ0n) is 14.8. The lowest BCUT2D eigenvalue weighted by Gasteiger charge is -2.34. The average molecular weight is 334 g/mol. The molecule has 4 rings (SSSR count). The molecule has 0 fully saturated rings. The quantitative estimate of drug-likeness (QED) is 0.720. The van der Waals surface area contributed by atoms with Crippen LogP contribution in [-0.4, -0.2) is 31.7 Å². The fourth-order valence-corrected chi connectivity index (χ4v) is 3.67. The maximum Gasteiger partial charge on any atom is 0.257 e. The van der Waals surface area contributed by atoms with Gasteiger partial charge in [0.2, 0.25) is 0 Å². The van der Waals surface area contributed by atoms with E-state index in [1.54, 1.807) is 6.20 Å². The van der Waals surface area contributed by atoms with E-state index < -0.39 is 0 Å². The normalized spacial score (nSPS) is 16.8. The predicted octanol–water partition coefficient (Wildman–Crippen LogP) is 3.51. The van der Waals surface area contributed by atoms with Crippen LogP contribution in [0.15, 0.2) is 48.8 Å². The maximum atomic E-state index is 13.2. The predicted molar refractivity (Wildman–Crippen MR) is 96.9 cm³/mol. The van der Waals surface area contributed by atoms with Crippen LogP contribution in [0.5, 0.6) is 0 Å². The number of carbonyl (C=O) groups is 1. The molecule has 5 heteroatoms. The third kappa shape index (κ3) is 2.47. The van der Waals surface area contributed by atoms with Crippen molar-refractivity contribution in [3.05, 3.63) is 71.3 Å². The molecule has 1 aliphatic rings. The van der Waals surface area contributed by atoms with Crippen LogP contribution < -0.4 is 0 Å². The van der Waals surface area contributed by atoms with E-state index in [2.05, 4.69) is 41.8 Å². The number of aryl methyl sites for hydroxylation is 1. The molecule has 0 aliphatic carbocycles. The van der Waals surface area contributed by atoms with Gasteiger partial charge in [-0.1, -0.05) is 18.2 Å². The van der Waals surface area contributed by atoms with Crippen molar-refractivity contribution < 1.29 is 4.79 Å². The number of rotatable bonds is 2. The molecule has 0 spiro atoms. The summed E-state index contributed by atoms with van der Waals surface area (Å²) >= 11 is 0. The van der Waals surface area contributed by atoms with Crippen LogP contribution in [-0.2, 0) is 6.54 Å². The highest BCUT2D eigenvalue weighted by molar-refractivity contribution is 5.95. The molecule has 0 radical (unpaired) electrons. The molecule has 0 saturated carbocycles. The first-order chi connectivity index (χ1) is 12.1. The zero-order chi connectivity index (χ0) is 17.6. The number of para-hydroxylation sites is 1. The smallest absolute Gasteiger partial charge is 0.257 e. The second-order valence-corrected chi connectivity index (χ2v) is 6.64. The lowest BCUT2D eigenvalue weighted by atomic mass is 10.1. The topological polar surface area (TPSA) is 43.1 Å². The summed E-state index contributed by atoms with van der Waals surface area (Å²) < 4.78 is 4.08. The Morgan fingerprint density at radius 3 is 2.72 bits per heavy atom. The summed E-state index contributed by atoms with van der Waals surface area (Å²) in [5, 5.41) is 4.49. The van der Waals surface area contributed by atoms with Gasteiger partial charge in [0, 0.05) is 25.0 Å². The van der Waals surface area contributed by atoms with Crippen molar-refractivity contribution in [3.63, 3.8) is 0 Å². The summed E-state index contributed by atoms with van der Waals surface area (Å²) in [6, 6.07) is 12.3. The van der Waals surface area contributed by atoms with E-state index in [0.29, 0.717) is 5.56 Å². The summed E-state index contributed by atoms with van der Waals surface area (Å²) in [5.41, 5.74) is 4.89. The first-order valence-corrected chi connectivity index (χ1v) is 8.64. The highest BCUT2D eigenvalue weighted by atomic mass is 16.2. The van der Waals surface area contributed by atoms with E-state index in [0.717, 1.165) is 30.0 Å². The van der Waals surface area contributed by atoms with Gasteiger partial charge in [-0.3, -0.25) is 4.79 Å². The van der Waals surface area contributed by atoms with Gasteiger partial charge in [-0.15, -0.1) is 0 Å². The van der Waals surface area contributed by atoms with Crippen molar-refractivity contribution in [2.24, 2.45) is 0 Å². The molecule has 1 aromatic carbocycles. The van der Waals surface area contributed by atoms with Crippen LogP contribution in [0.1, 0.15) is 40.3 Å². The number of carbonyl (C=O) groups excluding carboxylic acids is 1. The van der Waals surface area contributed by atoms with Crippen molar-refractivity contribution in [2.45, 2.75) is 33.4 Å². The average Bonchev–Trinajstić information content (AvgIpc) is 3.22. The van der Waals surface area contributed by atoms with Crippen LogP contribution >= 0.6 is 0 Å². The standard InChI is InChI=1S/C20H22N4O/c1-14-7-4-5-8-18(14)24-15(2)17(13-21-24)20(25)23-12-11-22-10-6-9-19(22)16(23)3/h4-10,13,16H,11-12H2,1-3H3/t16-/m1/s1. The number of amides is 1. The third-order valence-corrected chi connectivity index (χ3v) is 5.19. The van der Waals surface area contributed by atoms with E-state index in [4.69, 9.17) is 0 Å². The second-order valence-electron chi connectivity index (χ2n) is 6.64. The van der Waals surface area contributed by atoms with Crippen molar-refractivity contribution >= 4 is 5.91 Å². The van der Waals surface area contributed by atoms with Crippen LogP contribution in [0.2, 0.25) is 0 Å².